The number of rotatable bonds is 14. The van der Waals surface area contributed by atoms with Gasteiger partial charge >= 0.3 is 6.03 Å². The lowest BCUT2D eigenvalue weighted by molar-refractivity contribution is -0.124. The van der Waals surface area contributed by atoms with Crippen LogP contribution in [0, 0.1) is 11.8 Å². The molecule has 42 heavy (non-hydrogen) atoms. The predicted octanol–water partition coefficient (Wildman–Crippen LogP) is 7.01. The van der Waals surface area contributed by atoms with Crippen LogP contribution in [-0.2, 0) is 11.4 Å². The van der Waals surface area contributed by atoms with Gasteiger partial charge in [-0.25, -0.2) is 4.79 Å². The second-order valence-corrected chi connectivity index (χ2v) is 13.3. The van der Waals surface area contributed by atoms with Crippen LogP contribution in [-0.4, -0.2) is 54.6 Å². The summed E-state index contributed by atoms with van der Waals surface area (Å²) in [5.74, 6) is 1.50. The number of ether oxygens (including phenoxy) is 1. The Morgan fingerprint density at radius 1 is 0.905 bits per heavy atom. The van der Waals surface area contributed by atoms with E-state index in [0.29, 0.717) is 25.5 Å². The smallest absolute Gasteiger partial charge is 0.318 e. The largest absolute Gasteiger partial charge is 0.487 e. The Balaban J connectivity index is 1.74. The van der Waals surface area contributed by atoms with Gasteiger partial charge in [-0.3, -0.25) is 4.79 Å². The van der Waals surface area contributed by atoms with Crippen LogP contribution in [0.1, 0.15) is 85.6 Å². The summed E-state index contributed by atoms with van der Waals surface area (Å²) in [5, 5.41) is 6.37. The van der Waals surface area contributed by atoms with Crippen LogP contribution in [0.3, 0.4) is 0 Å². The maximum Gasteiger partial charge on any atom is 0.318 e. The number of nitrogens with zero attached hydrogens (tertiary/aromatic N) is 2. The Bertz CT molecular complexity index is 1090. The van der Waals surface area contributed by atoms with Gasteiger partial charge in [0.1, 0.15) is 18.4 Å². The molecule has 232 valence electrons. The lowest BCUT2D eigenvalue weighted by Crippen LogP contribution is -2.58. The fourth-order valence-corrected chi connectivity index (χ4v) is 5.43. The molecule has 0 radical (unpaired) electrons. The molecule has 7 nitrogen and oxygen atoms in total. The second-order valence-electron chi connectivity index (χ2n) is 13.3. The molecule has 1 saturated heterocycles. The third-order valence-electron chi connectivity index (χ3n) is 7.68. The molecule has 0 saturated carbocycles. The number of nitrogens with one attached hydrogen (secondary N) is 2. The van der Waals surface area contributed by atoms with Crippen molar-refractivity contribution in [2.75, 3.05) is 31.1 Å². The molecule has 0 aliphatic carbocycles. The van der Waals surface area contributed by atoms with E-state index >= 15 is 0 Å². The number of anilines is 1. The Kier molecular flexibility index (Phi) is 13.0. The minimum absolute atomic E-state index is 0.126. The van der Waals surface area contributed by atoms with Gasteiger partial charge in [0.2, 0.25) is 5.91 Å². The van der Waals surface area contributed by atoms with Gasteiger partial charge in [-0.2, -0.15) is 0 Å². The predicted molar refractivity (Wildman–Crippen MR) is 173 cm³/mol. The fraction of sp³-hybridized carbons (Fsp3) is 0.600. The molecule has 1 fully saturated rings. The molecule has 7 heteroatoms. The first-order valence-electron chi connectivity index (χ1n) is 15.9. The van der Waals surface area contributed by atoms with E-state index in [1.165, 1.54) is 0 Å². The molecule has 2 aromatic rings. The monoisotopic (exact) mass is 578 g/mol. The molecule has 1 atom stereocenters. The van der Waals surface area contributed by atoms with Crippen molar-refractivity contribution >= 4 is 17.6 Å². The molecule has 3 amide bonds. The third kappa shape index (κ3) is 11.2. The summed E-state index contributed by atoms with van der Waals surface area (Å²) in [6.07, 6.45) is 5.95. The van der Waals surface area contributed by atoms with Crippen LogP contribution in [0.2, 0.25) is 0 Å². The zero-order chi connectivity index (χ0) is 30.5. The minimum atomic E-state index is -0.578. The number of benzene rings is 2. The molecule has 1 heterocycles. The summed E-state index contributed by atoms with van der Waals surface area (Å²) in [5.41, 5.74) is 1.58. The normalized spacial score (nSPS) is 14.8. The van der Waals surface area contributed by atoms with Crippen LogP contribution in [0.5, 0.6) is 5.75 Å². The van der Waals surface area contributed by atoms with Crippen LogP contribution >= 0.6 is 0 Å². The Morgan fingerprint density at radius 2 is 1.55 bits per heavy atom. The zero-order valence-corrected chi connectivity index (χ0v) is 26.8. The molecule has 0 spiro atoms. The number of amides is 3. The van der Waals surface area contributed by atoms with Crippen LogP contribution in [0.15, 0.2) is 54.6 Å². The molecule has 3 rings (SSSR count). The Hall–Kier alpha value is -3.22. The average molecular weight is 579 g/mol. The summed E-state index contributed by atoms with van der Waals surface area (Å²) in [6.45, 7) is 16.2. The molecule has 2 N–H and O–H groups in total. The van der Waals surface area contributed by atoms with E-state index in [4.69, 9.17) is 4.74 Å². The summed E-state index contributed by atoms with van der Waals surface area (Å²) in [7, 11) is 0. The summed E-state index contributed by atoms with van der Waals surface area (Å²) >= 11 is 0. The summed E-state index contributed by atoms with van der Waals surface area (Å²) in [6, 6.07) is 17.6. The van der Waals surface area contributed by atoms with Gasteiger partial charge in [0.05, 0.1) is 11.2 Å². The number of likely N-dealkylation sites (tertiary alicyclic amines) is 1. The molecule has 1 unspecified atom stereocenters. The van der Waals surface area contributed by atoms with Crippen LogP contribution < -0.4 is 20.3 Å². The van der Waals surface area contributed by atoms with E-state index in [-0.39, 0.29) is 17.9 Å². The number of urea groups is 1. The van der Waals surface area contributed by atoms with E-state index in [1.54, 1.807) is 0 Å². The highest BCUT2D eigenvalue weighted by Gasteiger charge is 2.31. The highest BCUT2D eigenvalue weighted by molar-refractivity contribution is 5.87. The van der Waals surface area contributed by atoms with Gasteiger partial charge in [0.15, 0.2) is 0 Å². The van der Waals surface area contributed by atoms with Crippen molar-refractivity contribution in [1.29, 1.82) is 0 Å². The Morgan fingerprint density at radius 3 is 2.19 bits per heavy atom. The standard InChI is InChI=1S/C35H54N4O3/c1-27(2)20-23-39(31-18-12-13-19-32(31)42-25-29-16-10-9-11-17-29)26-35(5,6)37-33(40)30(24-28(3)4)36-34(41)38-21-14-7-8-15-22-38/h9-13,16-19,27-28,30H,7-8,14-15,20-26H2,1-6H3,(H,36,41)(H,37,40). The molecular weight excluding hydrogens is 524 g/mol. The first-order valence-corrected chi connectivity index (χ1v) is 15.9. The zero-order valence-electron chi connectivity index (χ0n) is 26.8. The maximum absolute atomic E-state index is 13.7. The molecular formula is C35H54N4O3. The number of para-hydroxylation sites is 2. The van der Waals surface area contributed by atoms with Gasteiger partial charge in [-0.15, -0.1) is 0 Å². The van der Waals surface area contributed by atoms with Crippen molar-refractivity contribution in [3.63, 3.8) is 0 Å². The first kappa shape index (κ1) is 33.3. The molecule has 0 bridgehead atoms. The molecule has 1 aliphatic rings. The third-order valence-corrected chi connectivity index (χ3v) is 7.68. The maximum atomic E-state index is 13.7. The highest BCUT2D eigenvalue weighted by Crippen LogP contribution is 2.31. The van der Waals surface area contributed by atoms with Gasteiger partial charge in [-0.1, -0.05) is 83.0 Å². The fourth-order valence-electron chi connectivity index (χ4n) is 5.43. The van der Waals surface area contributed by atoms with Crippen molar-refractivity contribution < 1.29 is 14.3 Å². The van der Waals surface area contributed by atoms with Gasteiger partial charge in [0, 0.05) is 26.2 Å². The van der Waals surface area contributed by atoms with E-state index in [9.17, 15) is 9.59 Å². The summed E-state index contributed by atoms with van der Waals surface area (Å²) in [4.78, 5) is 31.0. The molecule has 1 aliphatic heterocycles. The number of carbonyl (C=O) groups excluding carboxylic acids is 2. The number of hydrogen-bond acceptors (Lipinski definition) is 4. The van der Waals surface area contributed by atoms with E-state index in [2.05, 4.69) is 75.3 Å². The molecule has 2 aromatic carbocycles. The van der Waals surface area contributed by atoms with Crippen LogP contribution in [0.25, 0.3) is 0 Å². The average Bonchev–Trinajstić information content (AvgIpc) is 3.24. The highest BCUT2D eigenvalue weighted by atomic mass is 16.5. The van der Waals surface area contributed by atoms with E-state index in [1.807, 2.05) is 41.3 Å². The first-order chi connectivity index (χ1) is 20.0. The minimum Gasteiger partial charge on any atom is -0.487 e. The van der Waals surface area contributed by atoms with Crippen molar-refractivity contribution in [2.45, 2.75) is 98.3 Å². The number of hydrogen-bond donors (Lipinski definition) is 2. The van der Waals surface area contributed by atoms with E-state index in [0.717, 1.165) is 68.7 Å². The molecule has 0 aromatic heterocycles. The quantitative estimate of drug-likeness (QED) is 0.253. The second kappa shape index (κ2) is 16.4. The SMILES string of the molecule is CC(C)CCN(CC(C)(C)NC(=O)C(CC(C)C)NC(=O)N1CCCCCC1)c1ccccc1OCc1ccccc1. The van der Waals surface area contributed by atoms with Gasteiger partial charge < -0.3 is 25.2 Å². The van der Waals surface area contributed by atoms with Crippen molar-refractivity contribution in [2.24, 2.45) is 11.8 Å². The van der Waals surface area contributed by atoms with E-state index < -0.39 is 11.6 Å². The van der Waals surface area contributed by atoms with Crippen LogP contribution in [0.4, 0.5) is 10.5 Å². The Labute approximate surface area is 254 Å². The topological polar surface area (TPSA) is 73.9 Å². The van der Waals surface area contributed by atoms with Gasteiger partial charge in [0.25, 0.3) is 0 Å². The van der Waals surface area contributed by atoms with Gasteiger partial charge in [-0.05, 0) is 69.1 Å². The van der Waals surface area contributed by atoms with Crippen molar-refractivity contribution in [3.05, 3.63) is 60.2 Å². The number of carbonyl (C=O) groups is 2. The lowest BCUT2D eigenvalue weighted by atomic mass is 9.99. The lowest BCUT2D eigenvalue weighted by Gasteiger charge is -2.37. The summed E-state index contributed by atoms with van der Waals surface area (Å²) < 4.78 is 6.32. The van der Waals surface area contributed by atoms with Crippen molar-refractivity contribution in [1.82, 2.24) is 15.5 Å². The van der Waals surface area contributed by atoms with Crippen molar-refractivity contribution in [3.8, 4) is 5.75 Å².